The van der Waals surface area contributed by atoms with Crippen LogP contribution in [0.3, 0.4) is 0 Å². The van der Waals surface area contributed by atoms with Crippen molar-refractivity contribution in [2.45, 2.75) is 20.5 Å². The van der Waals surface area contributed by atoms with Crippen LogP contribution >= 0.6 is 0 Å². The van der Waals surface area contributed by atoms with Crippen molar-refractivity contribution in [1.29, 1.82) is 0 Å². The van der Waals surface area contributed by atoms with E-state index in [0.29, 0.717) is 0 Å². The van der Waals surface area contributed by atoms with Gasteiger partial charge in [-0.3, -0.25) is 0 Å². The molecule has 20 heavy (non-hydrogen) atoms. The summed E-state index contributed by atoms with van der Waals surface area (Å²) in [5.74, 6) is -1.84. The molecule has 0 aliphatic rings. The van der Waals surface area contributed by atoms with E-state index in [1.807, 2.05) is 24.3 Å². The zero-order chi connectivity index (χ0) is 15.0. The average Bonchev–Trinajstić information content (AvgIpc) is 2.45. The predicted octanol–water partition coefficient (Wildman–Crippen LogP) is 2.22. The molecule has 0 saturated heterocycles. The number of benzene rings is 1. The maximum absolute atomic E-state index is 11.2. The lowest BCUT2D eigenvalue weighted by atomic mass is 10.2. The summed E-state index contributed by atoms with van der Waals surface area (Å²) in [6.45, 7) is 6.18. The molecule has 1 N–H and O–H groups in total. The number of hydrogen-bond donors (Lipinski definition) is 1. The van der Waals surface area contributed by atoms with Gasteiger partial charge in [-0.1, -0.05) is 12.1 Å². The van der Waals surface area contributed by atoms with E-state index in [1.54, 1.807) is 0 Å². The molecule has 0 saturated carbocycles. The van der Waals surface area contributed by atoms with Crippen molar-refractivity contribution in [2.75, 3.05) is 18.0 Å². The molecule has 0 radical (unpaired) electrons. The molecule has 0 amide bonds. The minimum atomic E-state index is -1.18. The number of rotatable bonds is 7. The number of carbonyl (C=O) groups excluding carboxylic acids is 1. The highest BCUT2D eigenvalue weighted by Crippen LogP contribution is 2.15. The summed E-state index contributed by atoms with van der Waals surface area (Å²) in [6, 6.07) is 7.73. The van der Waals surface area contributed by atoms with E-state index in [0.717, 1.165) is 36.5 Å². The first-order valence-electron chi connectivity index (χ1n) is 6.48. The van der Waals surface area contributed by atoms with Gasteiger partial charge in [0, 0.05) is 30.9 Å². The molecule has 0 bridgehead atoms. The molecule has 5 nitrogen and oxygen atoms in total. The van der Waals surface area contributed by atoms with Gasteiger partial charge in [0.25, 0.3) is 0 Å². The molecule has 0 aromatic heterocycles. The lowest BCUT2D eigenvalue weighted by Crippen LogP contribution is -2.21. The van der Waals surface area contributed by atoms with E-state index in [9.17, 15) is 9.59 Å². The van der Waals surface area contributed by atoms with Crippen molar-refractivity contribution in [3.05, 3.63) is 42.0 Å². The zero-order valence-electron chi connectivity index (χ0n) is 11.7. The van der Waals surface area contributed by atoms with E-state index >= 15 is 0 Å². The number of nitrogens with zero attached hydrogens (tertiary/aromatic N) is 1. The van der Waals surface area contributed by atoms with E-state index in [1.165, 1.54) is 0 Å². The van der Waals surface area contributed by atoms with Crippen LogP contribution in [-0.4, -0.2) is 30.1 Å². The monoisotopic (exact) mass is 277 g/mol. The number of hydrogen-bond acceptors (Lipinski definition) is 4. The van der Waals surface area contributed by atoms with Gasteiger partial charge < -0.3 is 14.7 Å². The van der Waals surface area contributed by atoms with Gasteiger partial charge in [0.2, 0.25) is 0 Å². The Labute approximate surface area is 118 Å². The van der Waals surface area contributed by atoms with Crippen LogP contribution in [0.4, 0.5) is 5.69 Å². The van der Waals surface area contributed by atoms with E-state index in [4.69, 9.17) is 9.84 Å². The quantitative estimate of drug-likeness (QED) is 0.611. The molecule has 108 valence electrons. The third-order valence-electron chi connectivity index (χ3n) is 2.81. The molecule has 0 aliphatic heterocycles. The highest BCUT2D eigenvalue weighted by Gasteiger charge is 2.03. The SMILES string of the molecule is CCN(CC)c1ccc(COC(=O)/C=C\C(=O)O)cc1. The maximum atomic E-state index is 11.2. The van der Waals surface area contributed by atoms with Gasteiger partial charge in [0.1, 0.15) is 6.61 Å². The molecule has 1 rings (SSSR count). The van der Waals surface area contributed by atoms with Crippen molar-refractivity contribution in [2.24, 2.45) is 0 Å². The number of anilines is 1. The fourth-order valence-corrected chi connectivity index (χ4v) is 1.73. The molecule has 1 aromatic rings. The van der Waals surface area contributed by atoms with Gasteiger partial charge in [-0.05, 0) is 31.5 Å². The first-order chi connectivity index (χ1) is 9.56. The van der Waals surface area contributed by atoms with Gasteiger partial charge in [-0.25, -0.2) is 9.59 Å². The lowest BCUT2D eigenvalue weighted by Gasteiger charge is -2.21. The third kappa shape index (κ3) is 5.14. The average molecular weight is 277 g/mol. The van der Waals surface area contributed by atoms with Crippen molar-refractivity contribution >= 4 is 17.6 Å². The van der Waals surface area contributed by atoms with Crippen LogP contribution in [0.25, 0.3) is 0 Å². The van der Waals surface area contributed by atoms with Crippen molar-refractivity contribution in [1.82, 2.24) is 0 Å². The van der Waals surface area contributed by atoms with Gasteiger partial charge >= 0.3 is 11.9 Å². The molecule has 1 aromatic carbocycles. The molecular weight excluding hydrogens is 258 g/mol. The second kappa shape index (κ2) is 7.99. The van der Waals surface area contributed by atoms with Crippen molar-refractivity contribution in [3.63, 3.8) is 0 Å². The van der Waals surface area contributed by atoms with E-state index < -0.39 is 11.9 Å². The topological polar surface area (TPSA) is 66.8 Å². The molecule has 0 spiro atoms. The predicted molar refractivity (Wildman–Crippen MR) is 76.6 cm³/mol. The Hall–Kier alpha value is -2.30. The maximum Gasteiger partial charge on any atom is 0.331 e. The fraction of sp³-hybridized carbons (Fsp3) is 0.333. The Bertz CT molecular complexity index is 475. The van der Waals surface area contributed by atoms with Crippen LogP contribution in [0.1, 0.15) is 19.4 Å². The van der Waals surface area contributed by atoms with Crippen LogP contribution in [-0.2, 0) is 20.9 Å². The summed E-state index contributed by atoms with van der Waals surface area (Å²) < 4.78 is 4.93. The summed E-state index contributed by atoms with van der Waals surface area (Å²) in [4.78, 5) is 23.7. The van der Waals surface area contributed by atoms with Gasteiger partial charge in [0.15, 0.2) is 0 Å². The second-order valence-electron chi connectivity index (χ2n) is 4.12. The first-order valence-corrected chi connectivity index (χ1v) is 6.48. The minimum Gasteiger partial charge on any atom is -0.478 e. The number of carboxylic acids is 1. The summed E-state index contributed by atoms with van der Waals surface area (Å²) in [6.07, 6.45) is 1.65. The molecule has 0 unspecified atom stereocenters. The smallest absolute Gasteiger partial charge is 0.331 e. The number of esters is 1. The summed E-state index contributed by atoms with van der Waals surface area (Å²) in [7, 11) is 0. The Kier molecular flexibility index (Phi) is 6.29. The Morgan fingerprint density at radius 2 is 1.75 bits per heavy atom. The van der Waals surface area contributed by atoms with Crippen LogP contribution in [0.15, 0.2) is 36.4 Å². The summed E-state index contributed by atoms with van der Waals surface area (Å²) >= 11 is 0. The van der Waals surface area contributed by atoms with Crippen LogP contribution in [0.5, 0.6) is 0 Å². The van der Waals surface area contributed by atoms with Gasteiger partial charge in [0.05, 0.1) is 0 Å². The molecule has 0 aliphatic carbocycles. The fourth-order valence-electron chi connectivity index (χ4n) is 1.73. The standard InChI is InChI=1S/C15H19NO4/c1-3-16(4-2)13-7-5-12(6-8-13)11-20-15(19)10-9-14(17)18/h5-10H,3-4,11H2,1-2H3,(H,17,18)/b10-9-. The highest BCUT2D eigenvalue weighted by molar-refractivity contribution is 5.90. The number of ether oxygens (including phenoxy) is 1. The Balaban J connectivity index is 2.53. The zero-order valence-corrected chi connectivity index (χ0v) is 11.7. The minimum absolute atomic E-state index is 0.126. The summed E-state index contributed by atoms with van der Waals surface area (Å²) in [5.41, 5.74) is 1.98. The normalized spacial score (nSPS) is 10.5. The molecular formula is C15H19NO4. The van der Waals surface area contributed by atoms with Crippen molar-refractivity contribution < 1.29 is 19.4 Å². The highest BCUT2D eigenvalue weighted by atomic mass is 16.5. The van der Waals surface area contributed by atoms with Crippen molar-refractivity contribution in [3.8, 4) is 0 Å². The van der Waals surface area contributed by atoms with E-state index in [2.05, 4.69) is 18.7 Å². The van der Waals surface area contributed by atoms with Gasteiger partial charge in [-0.2, -0.15) is 0 Å². The van der Waals surface area contributed by atoms with Gasteiger partial charge in [-0.15, -0.1) is 0 Å². The molecule has 0 fully saturated rings. The second-order valence-corrected chi connectivity index (χ2v) is 4.12. The van der Waals surface area contributed by atoms with Crippen LogP contribution in [0, 0.1) is 0 Å². The molecule has 0 atom stereocenters. The first kappa shape index (κ1) is 15.8. The van der Waals surface area contributed by atoms with Crippen LogP contribution < -0.4 is 4.90 Å². The largest absolute Gasteiger partial charge is 0.478 e. The van der Waals surface area contributed by atoms with E-state index in [-0.39, 0.29) is 6.61 Å². The lowest BCUT2D eigenvalue weighted by molar-refractivity contribution is -0.139. The summed E-state index contributed by atoms with van der Waals surface area (Å²) in [5, 5.41) is 8.38. The Morgan fingerprint density at radius 3 is 2.25 bits per heavy atom. The third-order valence-corrected chi connectivity index (χ3v) is 2.81. The number of aliphatic carboxylic acids is 1. The van der Waals surface area contributed by atoms with Crippen LogP contribution in [0.2, 0.25) is 0 Å². The molecule has 5 heteroatoms. The Morgan fingerprint density at radius 1 is 1.15 bits per heavy atom. The number of carbonyl (C=O) groups is 2. The molecule has 0 heterocycles. The number of carboxylic acid groups (broad SMARTS) is 1.